The minimum Gasteiger partial charge on any atom is -0.351 e. The van der Waals surface area contributed by atoms with Crippen molar-refractivity contribution in [2.75, 3.05) is 20.1 Å². The Balaban J connectivity index is 1.70. The summed E-state index contributed by atoms with van der Waals surface area (Å²) in [7, 11) is 2.07. The second-order valence-electron chi connectivity index (χ2n) is 6.83. The second kappa shape index (κ2) is 9.00. The maximum Gasteiger partial charge on any atom is 0.275 e. The number of rotatable bonds is 8. The van der Waals surface area contributed by atoms with E-state index in [9.17, 15) is 4.79 Å². The first-order chi connectivity index (χ1) is 11.5. The van der Waals surface area contributed by atoms with Crippen LogP contribution >= 0.6 is 11.3 Å². The van der Waals surface area contributed by atoms with E-state index >= 15 is 0 Å². The van der Waals surface area contributed by atoms with Crippen LogP contribution in [0.1, 0.15) is 41.3 Å². The number of thiophene rings is 1. The molecule has 1 aromatic heterocycles. The minimum atomic E-state index is 0.125. The van der Waals surface area contributed by atoms with Gasteiger partial charge in [-0.05, 0) is 47.4 Å². The Bertz CT molecular complexity index is 646. The minimum absolute atomic E-state index is 0.125. The molecule has 4 heteroatoms. The molecule has 2 aromatic rings. The number of nitrogens with one attached hydrogen (secondary N) is 2. The summed E-state index contributed by atoms with van der Waals surface area (Å²) < 4.78 is 0. The van der Waals surface area contributed by atoms with Gasteiger partial charge in [-0.15, -0.1) is 11.3 Å². The van der Waals surface area contributed by atoms with Gasteiger partial charge in [0.05, 0.1) is 11.9 Å². The maximum absolute atomic E-state index is 12.1. The molecular formula is C20H29N2OS+. The van der Waals surface area contributed by atoms with Gasteiger partial charge in [0.1, 0.15) is 6.54 Å². The van der Waals surface area contributed by atoms with Gasteiger partial charge >= 0.3 is 0 Å². The molecule has 0 saturated heterocycles. The zero-order chi connectivity index (χ0) is 17.5. The molecule has 0 fully saturated rings. The summed E-state index contributed by atoms with van der Waals surface area (Å²) in [6.07, 6.45) is 0.882. The van der Waals surface area contributed by atoms with Crippen LogP contribution in [0.25, 0.3) is 0 Å². The van der Waals surface area contributed by atoms with E-state index < -0.39 is 0 Å². The average Bonchev–Trinajstić information content (AvgIpc) is 2.92. The highest BCUT2D eigenvalue weighted by Crippen LogP contribution is 2.15. The molecule has 2 rings (SSSR count). The van der Waals surface area contributed by atoms with Crippen LogP contribution in [0.2, 0.25) is 0 Å². The Kier molecular flexibility index (Phi) is 7.00. The SMILES string of the molecule is Cc1ccsc1C[NH+](C)CC(=O)NCCc1ccc(C(C)C)cc1. The van der Waals surface area contributed by atoms with Crippen LogP contribution in [-0.4, -0.2) is 26.0 Å². The summed E-state index contributed by atoms with van der Waals surface area (Å²) in [5.41, 5.74) is 3.95. The second-order valence-corrected chi connectivity index (χ2v) is 7.83. The predicted octanol–water partition coefficient (Wildman–Crippen LogP) is 2.55. The van der Waals surface area contributed by atoms with Crippen LogP contribution in [0.5, 0.6) is 0 Å². The van der Waals surface area contributed by atoms with E-state index in [-0.39, 0.29) is 5.91 Å². The van der Waals surface area contributed by atoms with Crippen LogP contribution < -0.4 is 10.2 Å². The first-order valence-corrected chi connectivity index (χ1v) is 9.53. The van der Waals surface area contributed by atoms with Crippen LogP contribution in [-0.2, 0) is 17.8 Å². The van der Waals surface area contributed by atoms with Gasteiger partial charge in [0.25, 0.3) is 5.91 Å². The molecule has 1 heterocycles. The molecule has 0 bridgehead atoms. The van der Waals surface area contributed by atoms with E-state index in [1.165, 1.54) is 26.5 Å². The van der Waals surface area contributed by atoms with Crippen molar-refractivity contribution < 1.29 is 9.69 Å². The molecular weight excluding hydrogens is 316 g/mol. The third-order valence-corrected chi connectivity index (χ3v) is 5.30. The Morgan fingerprint density at radius 1 is 1.21 bits per heavy atom. The van der Waals surface area contributed by atoms with Crippen molar-refractivity contribution in [1.82, 2.24) is 5.32 Å². The predicted molar refractivity (Wildman–Crippen MR) is 102 cm³/mol. The Morgan fingerprint density at radius 3 is 2.50 bits per heavy atom. The van der Waals surface area contributed by atoms with Gasteiger partial charge in [-0.25, -0.2) is 0 Å². The number of hydrogen-bond acceptors (Lipinski definition) is 2. The van der Waals surface area contributed by atoms with E-state index in [2.05, 4.69) is 68.8 Å². The van der Waals surface area contributed by atoms with E-state index in [1.807, 2.05) is 0 Å². The Labute approximate surface area is 149 Å². The molecule has 0 radical (unpaired) electrons. The molecule has 0 aliphatic heterocycles. The topological polar surface area (TPSA) is 33.5 Å². The van der Waals surface area contributed by atoms with Gasteiger partial charge in [0.2, 0.25) is 0 Å². The summed E-state index contributed by atoms with van der Waals surface area (Å²) in [4.78, 5) is 14.7. The molecule has 1 atom stereocenters. The highest BCUT2D eigenvalue weighted by Gasteiger charge is 2.12. The fraction of sp³-hybridized carbons (Fsp3) is 0.450. The van der Waals surface area contributed by atoms with E-state index in [4.69, 9.17) is 0 Å². The van der Waals surface area contributed by atoms with Crippen molar-refractivity contribution >= 4 is 17.2 Å². The molecule has 0 saturated carbocycles. The monoisotopic (exact) mass is 345 g/mol. The van der Waals surface area contributed by atoms with Crippen molar-refractivity contribution in [3.63, 3.8) is 0 Å². The number of hydrogen-bond donors (Lipinski definition) is 2. The van der Waals surface area contributed by atoms with Crippen LogP contribution in [0.4, 0.5) is 0 Å². The first kappa shape index (κ1) is 18.7. The van der Waals surface area contributed by atoms with Crippen LogP contribution in [0, 0.1) is 6.92 Å². The van der Waals surface area contributed by atoms with Crippen molar-refractivity contribution in [3.05, 3.63) is 57.3 Å². The normalized spacial score (nSPS) is 12.4. The molecule has 3 nitrogen and oxygen atoms in total. The van der Waals surface area contributed by atoms with Gasteiger partial charge < -0.3 is 10.2 Å². The van der Waals surface area contributed by atoms with Gasteiger partial charge in [0, 0.05) is 6.54 Å². The number of carbonyl (C=O) groups excluding carboxylic acids is 1. The average molecular weight is 346 g/mol. The first-order valence-electron chi connectivity index (χ1n) is 8.65. The summed E-state index contributed by atoms with van der Waals surface area (Å²) in [6.45, 7) is 8.66. The zero-order valence-electron chi connectivity index (χ0n) is 15.2. The lowest BCUT2D eigenvalue weighted by Crippen LogP contribution is -3.08. The molecule has 130 valence electrons. The van der Waals surface area contributed by atoms with Crippen molar-refractivity contribution in [1.29, 1.82) is 0 Å². The molecule has 2 N–H and O–H groups in total. The van der Waals surface area contributed by atoms with Crippen molar-refractivity contribution in [3.8, 4) is 0 Å². The number of aryl methyl sites for hydroxylation is 1. The molecule has 0 aliphatic rings. The van der Waals surface area contributed by atoms with Gasteiger partial charge in [-0.2, -0.15) is 0 Å². The third kappa shape index (κ3) is 5.77. The molecule has 0 spiro atoms. The summed E-state index contributed by atoms with van der Waals surface area (Å²) in [6, 6.07) is 10.8. The van der Waals surface area contributed by atoms with Crippen LogP contribution in [0.15, 0.2) is 35.7 Å². The van der Waals surface area contributed by atoms with Gasteiger partial charge in [0.15, 0.2) is 6.54 Å². The van der Waals surface area contributed by atoms with E-state index in [0.717, 1.165) is 13.0 Å². The fourth-order valence-electron chi connectivity index (χ4n) is 2.67. The summed E-state index contributed by atoms with van der Waals surface area (Å²) in [5, 5.41) is 5.15. The Morgan fingerprint density at radius 2 is 1.92 bits per heavy atom. The lowest BCUT2D eigenvalue weighted by atomic mass is 10.0. The van der Waals surface area contributed by atoms with Crippen molar-refractivity contribution in [2.45, 2.75) is 39.7 Å². The van der Waals surface area contributed by atoms with Crippen molar-refractivity contribution in [2.24, 2.45) is 0 Å². The lowest BCUT2D eigenvalue weighted by molar-refractivity contribution is -0.885. The lowest BCUT2D eigenvalue weighted by Gasteiger charge is -2.13. The molecule has 0 aliphatic carbocycles. The number of likely N-dealkylation sites (N-methyl/N-ethyl adjacent to an activating group) is 1. The molecule has 1 aromatic carbocycles. The number of amides is 1. The highest BCUT2D eigenvalue weighted by molar-refractivity contribution is 7.10. The Hall–Kier alpha value is -1.65. The summed E-state index contributed by atoms with van der Waals surface area (Å²) >= 11 is 1.77. The maximum atomic E-state index is 12.1. The quantitative estimate of drug-likeness (QED) is 0.757. The number of quaternary nitrogens is 1. The van der Waals surface area contributed by atoms with Crippen LogP contribution in [0.3, 0.4) is 0 Å². The smallest absolute Gasteiger partial charge is 0.275 e. The number of carbonyl (C=O) groups is 1. The highest BCUT2D eigenvalue weighted by atomic mass is 32.1. The summed E-state index contributed by atoms with van der Waals surface area (Å²) in [5.74, 6) is 0.685. The van der Waals surface area contributed by atoms with E-state index in [0.29, 0.717) is 19.0 Å². The molecule has 1 amide bonds. The third-order valence-electron chi connectivity index (χ3n) is 4.28. The van der Waals surface area contributed by atoms with Gasteiger partial charge in [-0.3, -0.25) is 4.79 Å². The number of benzene rings is 1. The van der Waals surface area contributed by atoms with E-state index in [1.54, 1.807) is 11.3 Å². The standard InChI is InChI=1S/C20H28N2OS/c1-15(2)18-7-5-17(6-8-18)9-11-21-20(23)14-22(4)13-19-16(3)10-12-24-19/h5-8,10,12,15H,9,11,13-14H2,1-4H3,(H,21,23)/p+1. The molecule has 24 heavy (non-hydrogen) atoms. The fourth-order valence-corrected chi connectivity index (χ4v) is 3.69. The largest absolute Gasteiger partial charge is 0.351 e. The zero-order valence-corrected chi connectivity index (χ0v) is 16.0. The van der Waals surface area contributed by atoms with Gasteiger partial charge in [-0.1, -0.05) is 38.1 Å². The molecule has 1 unspecified atom stereocenters.